The quantitative estimate of drug-likeness (QED) is 0.253. The molecule has 0 aliphatic rings. The maximum Gasteiger partial charge on any atom is 0.344 e. The number of aldehydes is 1. The fraction of sp³-hybridized carbons (Fsp3) is 0.941. The Labute approximate surface area is 144 Å². The summed E-state index contributed by atoms with van der Waals surface area (Å²) in [4.78, 5) is 11.2. The average Bonchev–Trinajstić information content (AvgIpc) is 2.51. The molecular formula is C17H36O3SSi. The van der Waals surface area contributed by atoms with E-state index in [9.17, 15) is 4.79 Å². The second-order valence-corrected chi connectivity index (χ2v) is 9.93. The van der Waals surface area contributed by atoms with Crippen molar-refractivity contribution in [3.63, 3.8) is 0 Å². The second kappa shape index (κ2) is 13.6. The number of hydrogen-bond acceptors (Lipinski definition) is 4. The standard InChI is InChI=1S/C17H36O3SSi/c1-5-10-16(12-9-15-21)22(19-7-3,20-8-4)17(11-6-2)13-14-18/h14,16-17,21H,5-13,15H2,1-4H3. The zero-order chi connectivity index (χ0) is 16.8. The maximum atomic E-state index is 11.2. The molecule has 0 saturated heterocycles. The van der Waals surface area contributed by atoms with E-state index in [0.29, 0.717) is 25.2 Å². The highest BCUT2D eigenvalue weighted by Crippen LogP contribution is 2.44. The highest BCUT2D eigenvalue weighted by molar-refractivity contribution is 7.80. The molecule has 0 fully saturated rings. The molecule has 5 heteroatoms. The Morgan fingerprint density at radius 1 is 0.955 bits per heavy atom. The summed E-state index contributed by atoms with van der Waals surface area (Å²) in [6.45, 7) is 9.84. The van der Waals surface area contributed by atoms with Gasteiger partial charge in [0.2, 0.25) is 0 Å². The number of rotatable bonds is 15. The molecule has 0 saturated carbocycles. The van der Waals surface area contributed by atoms with Gasteiger partial charge in [0.1, 0.15) is 6.29 Å². The van der Waals surface area contributed by atoms with Crippen LogP contribution in [0.3, 0.4) is 0 Å². The lowest BCUT2D eigenvalue weighted by Gasteiger charge is -2.42. The molecule has 0 aromatic heterocycles. The minimum Gasteiger partial charge on any atom is -0.394 e. The van der Waals surface area contributed by atoms with E-state index < -0.39 is 8.56 Å². The third kappa shape index (κ3) is 6.73. The van der Waals surface area contributed by atoms with Gasteiger partial charge < -0.3 is 13.6 Å². The second-order valence-electron chi connectivity index (χ2n) is 5.83. The summed E-state index contributed by atoms with van der Waals surface area (Å²) >= 11 is 4.38. The van der Waals surface area contributed by atoms with Crippen LogP contribution in [0.5, 0.6) is 0 Å². The summed E-state index contributed by atoms with van der Waals surface area (Å²) in [5.41, 5.74) is 0.729. The van der Waals surface area contributed by atoms with Gasteiger partial charge in [-0.15, -0.1) is 0 Å². The molecular weight excluding hydrogens is 312 g/mol. The topological polar surface area (TPSA) is 35.5 Å². The Bertz CT molecular complexity index is 271. The van der Waals surface area contributed by atoms with Crippen LogP contribution in [0.4, 0.5) is 0 Å². The van der Waals surface area contributed by atoms with Crippen LogP contribution in [-0.4, -0.2) is 33.8 Å². The molecule has 3 nitrogen and oxygen atoms in total. The smallest absolute Gasteiger partial charge is 0.344 e. The van der Waals surface area contributed by atoms with Crippen molar-refractivity contribution in [2.75, 3.05) is 19.0 Å². The SMILES string of the molecule is CCCC(CC=O)[Si](OCC)(OCC)C(CCC)CCCS. The van der Waals surface area contributed by atoms with Gasteiger partial charge in [-0.05, 0) is 45.3 Å². The molecule has 0 aliphatic carbocycles. The third-order valence-electron chi connectivity index (χ3n) is 4.24. The van der Waals surface area contributed by atoms with E-state index in [1.165, 1.54) is 0 Å². The summed E-state index contributed by atoms with van der Waals surface area (Å²) < 4.78 is 12.8. The van der Waals surface area contributed by atoms with Gasteiger partial charge in [-0.25, -0.2) is 0 Å². The molecule has 0 rings (SSSR count). The van der Waals surface area contributed by atoms with E-state index in [-0.39, 0.29) is 5.54 Å². The van der Waals surface area contributed by atoms with Crippen molar-refractivity contribution < 1.29 is 13.6 Å². The molecule has 0 amide bonds. The van der Waals surface area contributed by atoms with Crippen LogP contribution in [0.2, 0.25) is 11.1 Å². The summed E-state index contributed by atoms with van der Waals surface area (Å²) in [7, 11) is -2.42. The highest BCUT2D eigenvalue weighted by atomic mass is 32.1. The van der Waals surface area contributed by atoms with Gasteiger partial charge in [-0.1, -0.05) is 26.7 Å². The Morgan fingerprint density at radius 3 is 1.91 bits per heavy atom. The molecule has 0 aromatic rings. The first-order valence-corrected chi connectivity index (χ1v) is 11.6. The van der Waals surface area contributed by atoms with Crippen molar-refractivity contribution in [2.24, 2.45) is 0 Å². The number of thiol groups is 1. The molecule has 0 aliphatic heterocycles. The van der Waals surface area contributed by atoms with E-state index >= 15 is 0 Å². The van der Waals surface area contributed by atoms with Crippen LogP contribution in [0.25, 0.3) is 0 Å². The first kappa shape index (κ1) is 22.2. The Morgan fingerprint density at radius 2 is 1.50 bits per heavy atom. The van der Waals surface area contributed by atoms with E-state index in [0.717, 1.165) is 50.6 Å². The molecule has 0 bridgehead atoms. The molecule has 0 spiro atoms. The Hall–Kier alpha value is 0.157. The summed E-state index contributed by atoms with van der Waals surface area (Å²) in [6.07, 6.45) is 8.16. The lowest BCUT2D eigenvalue weighted by Crippen LogP contribution is -2.51. The predicted octanol–water partition coefficient (Wildman–Crippen LogP) is 5.14. The van der Waals surface area contributed by atoms with Crippen molar-refractivity contribution >= 4 is 27.5 Å². The molecule has 0 radical (unpaired) electrons. The molecule has 2 unspecified atom stereocenters. The summed E-state index contributed by atoms with van der Waals surface area (Å²) in [5, 5.41) is 0. The van der Waals surface area contributed by atoms with E-state index in [4.69, 9.17) is 8.85 Å². The molecule has 2 atom stereocenters. The summed E-state index contributed by atoms with van der Waals surface area (Å²) in [5.74, 6) is 0.898. The zero-order valence-corrected chi connectivity index (χ0v) is 16.9. The van der Waals surface area contributed by atoms with Gasteiger partial charge in [-0.2, -0.15) is 12.6 Å². The molecule has 22 heavy (non-hydrogen) atoms. The maximum absolute atomic E-state index is 11.2. The Balaban J connectivity index is 5.57. The molecule has 132 valence electrons. The molecule has 0 heterocycles. The fourth-order valence-corrected chi connectivity index (χ4v) is 8.67. The van der Waals surface area contributed by atoms with Gasteiger partial charge in [0.25, 0.3) is 0 Å². The van der Waals surface area contributed by atoms with Gasteiger partial charge >= 0.3 is 8.56 Å². The summed E-state index contributed by atoms with van der Waals surface area (Å²) in [6, 6.07) is 0. The molecule has 0 N–H and O–H groups in total. The van der Waals surface area contributed by atoms with E-state index in [2.05, 4.69) is 26.5 Å². The van der Waals surface area contributed by atoms with Gasteiger partial charge in [0.15, 0.2) is 0 Å². The van der Waals surface area contributed by atoms with Gasteiger partial charge in [-0.3, -0.25) is 0 Å². The first-order valence-electron chi connectivity index (χ1n) is 8.98. The number of carbonyl (C=O) groups excluding carboxylic acids is 1. The van der Waals surface area contributed by atoms with Crippen molar-refractivity contribution in [3.8, 4) is 0 Å². The normalized spacial score (nSPS) is 14.8. The highest BCUT2D eigenvalue weighted by Gasteiger charge is 2.50. The van der Waals surface area contributed by atoms with E-state index in [1.54, 1.807) is 0 Å². The number of carbonyl (C=O) groups is 1. The van der Waals surface area contributed by atoms with Crippen molar-refractivity contribution in [1.29, 1.82) is 0 Å². The monoisotopic (exact) mass is 348 g/mol. The van der Waals surface area contributed by atoms with Crippen LogP contribution >= 0.6 is 12.6 Å². The first-order chi connectivity index (χ1) is 10.7. The van der Waals surface area contributed by atoms with Gasteiger partial charge in [0, 0.05) is 30.7 Å². The van der Waals surface area contributed by atoms with Crippen LogP contribution in [0.15, 0.2) is 0 Å². The average molecular weight is 349 g/mol. The fourth-order valence-electron chi connectivity index (χ4n) is 3.48. The van der Waals surface area contributed by atoms with Crippen LogP contribution in [-0.2, 0) is 13.6 Å². The largest absolute Gasteiger partial charge is 0.394 e. The van der Waals surface area contributed by atoms with Crippen LogP contribution in [0, 0.1) is 0 Å². The van der Waals surface area contributed by atoms with Gasteiger partial charge in [0.05, 0.1) is 0 Å². The third-order valence-corrected chi connectivity index (χ3v) is 9.42. The van der Waals surface area contributed by atoms with Crippen molar-refractivity contribution in [1.82, 2.24) is 0 Å². The zero-order valence-electron chi connectivity index (χ0n) is 15.0. The predicted molar refractivity (Wildman–Crippen MR) is 100 cm³/mol. The number of hydrogen-bond donors (Lipinski definition) is 1. The minimum atomic E-state index is -2.42. The van der Waals surface area contributed by atoms with Crippen molar-refractivity contribution in [2.45, 2.75) is 83.7 Å². The Kier molecular flexibility index (Phi) is 13.7. The van der Waals surface area contributed by atoms with E-state index in [1.807, 2.05) is 13.8 Å². The lowest BCUT2D eigenvalue weighted by molar-refractivity contribution is -0.108. The molecule has 0 aromatic carbocycles. The van der Waals surface area contributed by atoms with Crippen LogP contribution in [0.1, 0.15) is 72.6 Å². The van der Waals surface area contributed by atoms with Crippen molar-refractivity contribution in [3.05, 3.63) is 0 Å². The minimum absolute atomic E-state index is 0.270. The van der Waals surface area contributed by atoms with Crippen LogP contribution < -0.4 is 0 Å². The lowest BCUT2D eigenvalue weighted by atomic mass is 10.1.